The molecule has 11 amide bonds. The van der Waals surface area contributed by atoms with E-state index in [0.717, 1.165) is 33.7 Å². The van der Waals surface area contributed by atoms with Gasteiger partial charge in [0.1, 0.15) is 60.1 Å². The summed E-state index contributed by atoms with van der Waals surface area (Å²) >= 11 is 0. The smallest absolute Gasteiger partial charge is 0.378 e. The summed E-state index contributed by atoms with van der Waals surface area (Å²) in [4.78, 5) is 176. The van der Waals surface area contributed by atoms with E-state index >= 15 is 46.3 Å². The molecule has 109 heavy (non-hydrogen) atoms. The Labute approximate surface area is 632 Å². The number of halogens is 10. The van der Waals surface area contributed by atoms with Crippen molar-refractivity contribution in [2.45, 2.75) is 261 Å². The third-order valence-corrected chi connectivity index (χ3v) is 23.8. The quantitative estimate of drug-likeness (QED) is 0.162. The molecule has 3 aliphatic carbocycles. The molecular weight excluding hydrogens is 1450 g/mol. The molecule has 25 nitrogen and oxygen atoms in total. The third kappa shape index (κ3) is 22.8. The van der Waals surface area contributed by atoms with Gasteiger partial charge in [0, 0.05) is 101 Å². The Hall–Kier alpha value is -6.65. The van der Waals surface area contributed by atoms with E-state index < -0.39 is 231 Å². The highest BCUT2D eigenvalue weighted by Gasteiger charge is 2.56. The molecule has 3 unspecified atom stereocenters. The standard InChI is InChI=1S/C74H116F10N12O13/c1-12-44(5)63-70(106)89(7)42-61(99)91(9)53-18-15-14-16-27-95(69(53)105)57(35-45-19-22-47(23-20-45)73(79,80)81)66(102)88(6)41-59(97)86-52(24-21-46-33-50(75)62(51(76)34-46)74(82,83)84)65(101)96-40-49(109-13-2)36-54(96)64(100)87-72(25-17-26-72)71(107)93(11)55(37-58(77)78)67(103)92(10)56(68(104)94-28-30-108-31-29-94)38-60(98)90(8)48(39-85-63)32-43(3)4/h43-58,62-63,85H,12-42H2,1-11H3,(H,86,97)(H,87,100)/t44-,45?,46?,47?,48-,49+,50?,51?,52-,53-,54?,55-,56-,57-,62?,63-/m0/s1. The van der Waals surface area contributed by atoms with E-state index in [0.29, 0.717) is 32.1 Å². The second-order valence-electron chi connectivity index (χ2n) is 31.9. The highest BCUT2D eigenvalue weighted by molar-refractivity contribution is 6.00. The zero-order valence-electron chi connectivity index (χ0n) is 64.9. The lowest BCUT2D eigenvalue weighted by Crippen LogP contribution is -2.68. The van der Waals surface area contributed by atoms with Crippen molar-refractivity contribution in [1.82, 2.24) is 60.0 Å². The maximum atomic E-state index is 15.5. The van der Waals surface area contributed by atoms with Crippen LogP contribution in [-0.2, 0) is 62.2 Å². The monoisotopic (exact) mass is 1570 g/mol. The van der Waals surface area contributed by atoms with E-state index in [9.17, 15) is 50.3 Å². The maximum absolute atomic E-state index is 15.5. The number of nitrogens with one attached hydrogen (secondary N) is 3. The first-order valence-electron chi connectivity index (χ1n) is 38.8. The Morgan fingerprint density at radius 1 is 0.633 bits per heavy atom. The summed E-state index contributed by atoms with van der Waals surface area (Å²) < 4.78 is 157. The van der Waals surface area contributed by atoms with Crippen LogP contribution in [0.1, 0.15) is 169 Å². The first-order chi connectivity index (χ1) is 51.1. The van der Waals surface area contributed by atoms with E-state index in [1.165, 1.54) is 52.7 Å². The van der Waals surface area contributed by atoms with Gasteiger partial charge in [-0.1, -0.05) is 47.0 Å². The molecule has 0 aromatic carbocycles. The average Bonchev–Trinajstić information content (AvgIpc) is 1.71. The molecule has 7 rings (SSSR count). The average molecular weight is 1570 g/mol. The van der Waals surface area contributed by atoms with Gasteiger partial charge < -0.3 is 69.5 Å². The number of alkyl halides is 10. The van der Waals surface area contributed by atoms with Crippen LogP contribution >= 0.6 is 0 Å². The Morgan fingerprint density at radius 3 is 1.83 bits per heavy atom. The first-order valence-corrected chi connectivity index (χ1v) is 38.8. The summed E-state index contributed by atoms with van der Waals surface area (Å²) in [5.74, 6) is -16.2. The predicted molar refractivity (Wildman–Crippen MR) is 378 cm³/mol. The molecule has 0 aromatic heterocycles. The fraction of sp³-hybridized carbons (Fsp3) is 0.851. The second kappa shape index (κ2) is 39.2. The van der Waals surface area contributed by atoms with Crippen LogP contribution in [0.4, 0.5) is 43.9 Å². The number of morpholine rings is 1. The molecule has 1 spiro atoms. The van der Waals surface area contributed by atoms with Crippen molar-refractivity contribution in [3.05, 3.63) is 0 Å². The van der Waals surface area contributed by atoms with Gasteiger partial charge in [0.2, 0.25) is 71.4 Å². The fourth-order valence-corrected chi connectivity index (χ4v) is 16.8. The fourth-order valence-electron chi connectivity index (χ4n) is 16.8. The van der Waals surface area contributed by atoms with Crippen LogP contribution in [0.15, 0.2) is 0 Å². The van der Waals surface area contributed by atoms with Crippen molar-refractivity contribution in [2.24, 2.45) is 35.5 Å². The van der Waals surface area contributed by atoms with E-state index in [2.05, 4.69) is 16.0 Å². The summed E-state index contributed by atoms with van der Waals surface area (Å²) in [6.45, 7) is 7.43. The lowest BCUT2D eigenvalue weighted by Gasteiger charge is -2.46. The molecule has 12 atom stereocenters. The largest absolute Gasteiger partial charge is 0.397 e. The molecular formula is C74H116F10N12O13. The Balaban J connectivity index is 1.32. The van der Waals surface area contributed by atoms with Crippen molar-refractivity contribution >= 4 is 65.0 Å². The molecule has 0 aromatic rings. The van der Waals surface area contributed by atoms with E-state index in [4.69, 9.17) is 9.47 Å². The van der Waals surface area contributed by atoms with Crippen LogP contribution in [0.5, 0.6) is 0 Å². The minimum atomic E-state index is -5.24. The minimum Gasteiger partial charge on any atom is -0.378 e. The van der Waals surface area contributed by atoms with E-state index in [-0.39, 0.29) is 129 Å². The van der Waals surface area contributed by atoms with Crippen LogP contribution in [0, 0.1) is 35.5 Å². The Morgan fingerprint density at radius 2 is 1.27 bits per heavy atom. The lowest BCUT2D eigenvalue weighted by molar-refractivity contribution is -0.219. The zero-order chi connectivity index (χ0) is 80.9. The van der Waals surface area contributed by atoms with Gasteiger partial charge in [-0.25, -0.2) is 17.6 Å². The second-order valence-corrected chi connectivity index (χ2v) is 31.9. The molecule has 4 heterocycles. The minimum absolute atomic E-state index is 0.00293. The molecule has 7 aliphatic rings. The number of fused-ring (bicyclic) bond motifs is 3. The molecule has 620 valence electrons. The van der Waals surface area contributed by atoms with Crippen molar-refractivity contribution < 1.29 is 106 Å². The Bertz CT molecular complexity index is 3130. The van der Waals surface area contributed by atoms with Gasteiger partial charge in [-0.05, 0) is 127 Å². The number of nitrogens with zero attached hydrogens (tertiary/aromatic N) is 9. The SMILES string of the molecule is CCO[C@@H]1CC2C(=O)NC3(CCC3)C(=O)N(C)[C@@H](CC(F)F)C(=O)N(C)[C@H](C(=O)N3CCOCC3)CC(=O)N(C)[C@@H](CC(C)C)CN[C@@H]([C@@H](C)CC)C(=O)N(C)CC(=O)N(C)[C@H]3CCCCCN(C3=O)[C@@H](CC3CCC(C(F)(F)F)CC3)C(=O)N(C)CC(=O)N[C@@H](CCC3CC(F)C(C(F)(F)F)C(F)C3)C(=O)N2C1. The van der Waals surface area contributed by atoms with E-state index in [1.807, 2.05) is 27.7 Å². The summed E-state index contributed by atoms with van der Waals surface area (Å²) in [7, 11) is 7.70. The van der Waals surface area contributed by atoms with Gasteiger partial charge in [0.15, 0.2) is 0 Å². The number of hydrogen-bond acceptors (Lipinski definition) is 14. The molecule has 0 radical (unpaired) electrons. The number of amides is 11. The number of hydrogen-bond donors (Lipinski definition) is 3. The zero-order valence-corrected chi connectivity index (χ0v) is 64.9. The van der Waals surface area contributed by atoms with Crippen molar-refractivity contribution in [1.29, 1.82) is 0 Å². The summed E-state index contributed by atoms with van der Waals surface area (Å²) in [6, 6.07) is -11.5. The molecule has 3 N–H and O–H groups in total. The molecule has 7 fully saturated rings. The van der Waals surface area contributed by atoms with Crippen LogP contribution in [0.3, 0.4) is 0 Å². The lowest BCUT2D eigenvalue weighted by atomic mass is 9.75. The predicted octanol–water partition coefficient (Wildman–Crippen LogP) is 6.28. The maximum Gasteiger partial charge on any atom is 0.397 e. The number of likely N-dealkylation sites (N-methyl/N-ethyl adjacent to an activating group) is 6. The number of ether oxygens (including phenoxy) is 2. The third-order valence-electron chi connectivity index (χ3n) is 23.8. The Kier molecular flexibility index (Phi) is 32.2. The summed E-state index contributed by atoms with van der Waals surface area (Å²) in [6.07, 6.45) is -22.6. The highest BCUT2D eigenvalue weighted by atomic mass is 19.4. The molecule has 35 heteroatoms. The first kappa shape index (κ1) is 89.6. The summed E-state index contributed by atoms with van der Waals surface area (Å²) in [5.41, 5.74) is -1.92. The van der Waals surface area contributed by atoms with Gasteiger partial charge in [-0.15, -0.1) is 0 Å². The normalized spacial score (nSPS) is 31.7. The van der Waals surface area contributed by atoms with Gasteiger partial charge in [0.05, 0.1) is 50.8 Å². The summed E-state index contributed by atoms with van der Waals surface area (Å²) in [5, 5.41) is 8.67. The molecule has 4 saturated heterocycles. The van der Waals surface area contributed by atoms with Gasteiger partial charge in [-0.2, -0.15) is 26.3 Å². The molecule has 2 bridgehead atoms. The molecule has 4 aliphatic heterocycles. The van der Waals surface area contributed by atoms with Gasteiger partial charge in [-0.3, -0.25) is 52.7 Å². The highest BCUT2D eigenvalue weighted by Crippen LogP contribution is 2.45. The van der Waals surface area contributed by atoms with Crippen LogP contribution in [0.25, 0.3) is 0 Å². The number of carbonyl (C=O) groups excluding carboxylic acids is 11. The van der Waals surface area contributed by atoms with E-state index in [1.54, 1.807) is 6.92 Å². The van der Waals surface area contributed by atoms with Gasteiger partial charge in [0.25, 0.3) is 0 Å². The van der Waals surface area contributed by atoms with Gasteiger partial charge >= 0.3 is 12.4 Å². The number of carbonyl (C=O) groups is 11. The van der Waals surface area contributed by atoms with Crippen molar-refractivity contribution in [3.63, 3.8) is 0 Å². The van der Waals surface area contributed by atoms with Crippen LogP contribution < -0.4 is 16.0 Å². The topological polar surface area (TPSA) is 271 Å². The van der Waals surface area contributed by atoms with Crippen molar-refractivity contribution in [2.75, 3.05) is 108 Å². The van der Waals surface area contributed by atoms with Crippen LogP contribution in [-0.4, -0.2) is 308 Å². The number of rotatable bonds is 14. The van der Waals surface area contributed by atoms with Crippen molar-refractivity contribution in [3.8, 4) is 0 Å². The molecule has 3 saturated carbocycles. The van der Waals surface area contributed by atoms with Crippen LogP contribution in [0.2, 0.25) is 0 Å².